The van der Waals surface area contributed by atoms with Crippen LogP contribution in [0.1, 0.15) is 154 Å². The molecular formula is C64H71BN2S. The zero-order valence-electron chi connectivity index (χ0n) is 42.9. The molecule has 4 heteroatoms. The first-order valence-corrected chi connectivity index (χ1v) is 26.4. The van der Waals surface area contributed by atoms with Crippen LogP contribution in [0, 0.1) is 0 Å². The minimum Gasteiger partial charge on any atom is -0.362 e. The van der Waals surface area contributed by atoms with Crippen molar-refractivity contribution < 1.29 is 0 Å². The van der Waals surface area contributed by atoms with E-state index in [9.17, 15) is 0 Å². The molecule has 3 aliphatic carbocycles. The molecule has 0 bridgehead atoms. The number of benzene rings is 6. The zero-order chi connectivity index (χ0) is 47.9. The van der Waals surface area contributed by atoms with E-state index >= 15 is 0 Å². The Labute approximate surface area is 412 Å². The summed E-state index contributed by atoms with van der Waals surface area (Å²) in [4.78, 5) is 2.79. The SMILES string of the molecule is C=C(C)CC1/C(=C/Nc2cccc3c2-c2cc4ccccc4cc2C3(C)C)B(c2ccc(CC)cc2)c2sc3cc4c(cc3c2N1c1ccc2c(c1)C(C)(C)CCC2(C)C)C(C)(C)CCC4(C)C. The first-order valence-electron chi connectivity index (χ1n) is 25.6. The number of anilines is 3. The van der Waals surface area contributed by atoms with Gasteiger partial charge in [-0.1, -0.05) is 159 Å². The summed E-state index contributed by atoms with van der Waals surface area (Å²) in [5.74, 6) is 0. The van der Waals surface area contributed by atoms with Crippen molar-refractivity contribution in [2.45, 2.75) is 155 Å². The number of rotatable bonds is 7. The Morgan fingerprint density at radius 1 is 0.676 bits per heavy atom. The van der Waals surface area contributed by atoms with Crippen LogP contribution in [0.25, 0.3) is 32.0 Å². The summed E-state index contributed by atoms with van der Waals surface area (Å²) in [6.45, 7) is 33.8. The number of nitrogens with zero attached hydrogens (tertiary/aromatic N) is 1. The van der Waals surface area contributed by atoms with Crippen molar-refractivity contribution in [2.75, 3.05) is 10.2 Å². The van der Waals surface area contributed by atoms with Crippen molar-refractivity contribution in [3.63, 3.8) is 0 Å². The van der Waals surface area contributed by atoms with Gasteiger partial charge in [0.2, 0.25) is 0 Å². The van der Waals surface area contributed by atoms with Crippen LogP contribution in [-0.4, -0.2) is 12.8 Å². The maximum atomic E-state index is 4.70. The summed E-state index contributed by atoms with van der Waals surface area (Å²) in [6.07, 6.45) is 9.05. The van der Waals surface area contributed by atoms with E-state index in [4.69, 9.17) is 6.58 Å². The lowest BCUT2D eigenvalue weighted by molar-refractivity contribution is 0.332. The van der Waals surface area contributed by atoms with Gasteiger partial charge in [-0.25, -0.2) is 0 Å². The van der Waals surface area contributed by atoms with Crippen LogP contribution in [0.3, 0.4) is 0 Å². The molecule has 0 spiro atoms. The van der Waals surface area contributed by atoms with Crippen LogP contribution in [0.5, 0.6) is 0 Å². The molecule has 4 aliphatic rings. The van der Waals surface area contributed by atoms with Crippen molar-refractivity contribution >= 4 is 66.2 Å². The zero-order valence-corrected chi connectivity index (χ0v) is 43.7. The molecule has 1 unspecified atom stereocenters. The normalized spacial score (nSPS) is 20.7. The summed E-state index contributed by atoms with van der Waals surface area (Å²) in [5, 5.41) is 8.11. The fourth-order valence-electron chi connectivity index (χ4n) is 13.1. The minimum atomic E-state index is -0.129. The molecule has 0 saturated heterocycles. The van der Waals surface area contributed by atoms with E-state index in [1.165, 1.54) is 129 Å². The maximum absolute atomic E-state index is 4.70. The van der Waals surface area contributed by atoms with Gasteiger partial charge in [-0.3, -0.25) is 0 Å². The van der Waals surface area contributed by atoms with Crippen LogP contribution in [0.4, 0.5) is 17.1 Å². The lowest BCUT2D eigenvalue weighted by atomic mass is 9.36. The smallest absolute Gasteiger partial charge is 0.256 e. The molecule has 0 radical (unpaired) electrons. The second kappa shape index (κ2) is 15.6. The first kappa shape index (κ1) is 45.1. The Balaban J connectivity index is 1.20. The van der Waals surface area contributed by atoms with Gasteiger partial charge in [-0.15, -0.1) is 17.9 Å². The van der Waals surface area contributed by atoms with Crippen LogP contribution in [0.2, 0.25) is 0 Å². The van der Waals surface area contributed by atoms with Crippen molar-refractivity contribution in [3.05, 3.63) is 172 Å². The number of hydrogen-bond acceptors (Lipinski definition) is 3. The largest absolute Gasteiger partial charge is 0.362 e. The van der Waals surface area contributed by atoms with E-state index in [2.05, 4.69) is 209 Å². The summed E-state index contributed by atoms with van der Waals surface area (Å²) in [7, 11) is 0. The monoisotopic (exact) mass is 911 g/mol. The Kier molecular flexibility index (Phi) is 10.4. The van der Waals surface area contributed by atoms with Crippen molar-refractivity contribution in [1.29, 1.82) is 0 Å². The van der Waals surface area contributed by atoms with Gasteiger partial charge in [0, 0.05) is 37.2 Å². The molecule has 0 amide bonds. The molecule has 2 heterocycles. The predicted octanol–water partition coefficient (Wildman–Crippen LogP) is 16.3. The number of hydrogen-bond donors (Lipinski definition) is 1. The average Bonchev–Trinajstić information content (AvgIpc) is 3.78. The van der Waals surface area contributed by atoms with Crippen LogP contribution in [-0.2, 0) is 33.5 Å². The van der Waals surface area contributed by atoms with E-state index in [0.717, 1.165) is 18.5 Å². The van der Waals surface area contributed by atoms with E-state index in [0.29, 0.717) is 0 Å². The molecule has 1 N–H and O–H groups in total. The van der Waals surface area contributed by atoms with Crippen molar-refractivity contribution in [1.82, 2.24) is 0 Å². The van der Waals surface area contributed by atoms with Crippen molar-refractivity contribution in [2.24, 2.45) is 0 Å². The second-order valence-corrected chi connectivity index (χ2v) is 25.5. The second-order valence-electron chi connectivity index (χ2n) is 24.4. The molecule has 1 aromatic heterocycles. The van der Waals surface area contributed by atoms with Gasteiger partial charge in [0.25, 0.3) is 6.71 Å². The van der Waals surface area contributed by atoms with E-state index < -0.39 is 0 Å². The van der Waals surface area contributed by atoms with Gasteiger partial charge in [-0.05, 0) is 171 Å². The Bertz CT molecular complexity index is 3240. The highest BCUT2D eigenvalue weighted by Gasteiger charge is 2.46. The molecule has 1 aliphatic heterocycles. The topological polar surface area (TPSA) is 15.3 Å². The summed E-state index contributed by atoms with van der Waals surface area (Å²) >= 11 is 2.04. The summed E-state index contributed by atoms with van der Waals surface area (Å²) < 4.78 is 2.83. The minimum absolute atomic E-state index is 0.00355. The molecule has 0 fully saturated rings. The highest BCUT2D eigenvalue weighted by atomic mass is 32.1. The standard InChI is InChI=1S/C64H71BN2S/c1-14-40-22-24-43(25-23-40)65-53(38-66-54-21-17-20-48-57(54)45-33-41-18-15-16-19-42(41)34-49(45)64(48,12)13)55(32-39(2)3)67(44-26-27-47-50(35-44)61(6,7)29-28-60(47,4)5)58-46-36-51-52(37-56(46)68-59(58)65)63(10,11)31-30-62(51,8)9/h15-27,33-38,55,66H,2,14,28-32H2,1,3-13H3/b53-38-. The average molecular weight is 911 g/mol. The summed E-state index contributed by atoms with van der Waals surface area (Å²) in [6, 6.07) is 43.1. The fraction of sp³-hybridized carbons (Fsp3) is 0.375. The van der Waals surface area contributed by atoms with Gasteiger partial charge in [0.05, 0.1) is 11.7 Å². The molecule has 11 rings (SSSR count). The van der Waals surface area contributed by atoms with Gasteiger partial charge in [0.1, 0.15) is 0 Å². The molecule has 6 aromatic carbocycles. The molecule has 68 heavy (non-hydrogen) atoms. The van der Waals surface area contributed by atoms with E-state index in [1.807, 2.05) is 11.3 Å². The Morgan fingerprint density at radius 2 is 1.29 bits per heavy atom. The Morgan fingerprint density at radius 3 is 1.94 bits per heavy atom. The van der Waals surface area contributed by atoms with Crippen LogP contribution in [0.15, 0.2) is 133 Å². The first-order chi connectivity index (χ1) is 32.2. The van der Waals surface area contributed by atoms with Crippen LogP contribution >= 0.6 is 11.3 Å². The highest BCUT2D eigenvalue weighted by molar-refractivity contribution is 7.32. The lowest BCUT2D eigenvalue weighted by Crippen LogP contribution is -2.56. The van der Waals surface area contributed by atoms with Gasteiger partial charge >= 0.3 is 0 Å². The quantitative estimate of drug-likeness (QED) is 0.127. The predicted molar refractivity (Wildman–Crippen MR) is 298 cm³/mol. The third kappa shape index (κ3) is 7.00. The molecule has 346 valence electrons. The molecule has 0 saturated carbocycles. The summed E-state index contributed by atoms with van der Waals surface area (Å²) in [5.41, 5.74) is 20.9. The van der Waals surface area contributed by atoms with Crippen molar-refractivity contribution in [3.8, 4) is 11.1 Å². The molecule has 7 aromatic rings. The van der Waals surface area contributed by atoms with Crippen LogP contribution < -0.4 is 20.5 Å². The number of aryl methyl sites for hydroxylation is 1. The lowest BCUT2D eigenvalue weighted by Gasteiger charge is -2.45. The van der Waals surface area contributed by atoms with Gasteiger partial charge in [0.15, 0.2) is 0 Å². The van der Waals surface area contributed by atoms with Gasteiger partial charge in [-0.2, -0.15) is 0 Å². The maximum Gasteiger partial charge on any atom is 0.256 e. The molecular weight excluding hydrogens is 840 g/mol. The number of fused-ring (bicyclic) bond motifs is 9. The fourth-order valence-corrected chi connectivity index (χ4v) is 14.4. The molecule has 1 atom stereocenters. The Hall–Kier alpha value is -5.32. The van der Waals surface area contributed by atoms with E-state index in [1.54, 1.807) is 0 Å². The third-order valence-corrected chi connectivity index (χ3v) is 18.7. The highest BCUT2D eigenvalue weighted by Crippen LogP contribution is 2.55. The number of nitrogens with one attached hydrogen (secondary N) is 1. The van der Waals surface area contributed by atoms with Gasteiger partial charge < -0.3 is 10.2 Å². The third-order valence-electron chi connectivity index (χ3n) is 17.5. The number of thiophene rings is 1. The molecule has 2 nitrogen and oxygen atoms in total. The van der Waals surface area contributed by atoms with E-state index in [-0.39, 0.29) is 39.8 Å².